The van der Waals surface area contributed by atoms with Gasteiger partial charge >= 0.3 is 0 Å². The lowest BCUT2D eigenvalue weighted by Gasteiger charge is -1.98. The van der Waals surface area contributed by atoms with Crippen molar-refractivity contribution in [2.24, 2.45) is 0 Å². The number of hydrogen-bond donors (Lipinski definition) is 2. The van der Waals surface area contributed by atoms with Gasteiger partial charge in [-0.05, 0) is 17.9 Å². The fourth-order valence-electron chi connectivity index (χ4n) is 0.415. The number of rotatable bonds is 8. The fourth-order valence-corrected chi connectivity index (χ4v) is 4.40. The molecule has 0 saturated carbocycles. The zero-order chi connectivity index (χ0) is 8.36. The van der Waals surface area contributed by atoms with Gasteiger partial charge in [0.15, 0.2) is 0 Å². The third kappa shape index (κ3) is 11.8. The van der Waals surface area contributed by atoms with Crippen LogP contribution in [0.25, 0.3) is 0 Å². The van der Waals surface area contributed by atoms with Crippen LogP contribution in [0.5, 0.6) is 0 Å². The van der Waals surface area contributed by atoms with Crippen molar-refractivity contribution in [2.45, 2.75) is 6.42 Å². The summed E-state index contributed by atoms with van der Waals surface area (Å²) in [6.45, 7) is 0. The highest BCUT2D eigenvalue weighted by Gasteiger charge is 1.89. The molecule has 0 aliphatic heterocycles. The Morgan fingerprint density at radius 1 is 0.909 bits per heavy atom. The molecule has 0 nitrogen and oxygen atoms in total. The Hall–Kier alpha value is 1.75. The van der Waals surface area contributed by atoms with Gasteiger partial charge in [-0.15, -0.1) is 23.5 Å². The van der Waals surface area contributed by atoms with Gasteiger partial charge in [0, 0.05) is 15.3 Å². The van der Waals surface area contributed by atoms with Crippen LogP contribution in [0.3, 0.4) is 0 Å². The second-order valence-corrected chi connectivity index (χ2v) is 6.76. The van der Waals surface area contributed by atoms with Gasteiger partial charge in [-0.3, -0.25) is 0 Å². The van der Waals surface area contributed by atoms with E-state index in [1.807, 2.05) is 35.3 Å². The average molecular weight is 247 g/mol. The number of hydrogen-bond acceptors (Lipinski definition) is 5. The van der Waals surface area contributed by atoms with Gasteiger partial charge in [0.25, 0.3) is 0 Å². The zero-order valence-corrected chi connectivity index (χ0v) is 10.6. The van der Waals surface area contributed by atoms with Crippen LogP contribution in [0, 0.1) is 0 Å². The van der Waals surface area contributed by atoms with Crippen molar-refractivity contribution in [2.75, 3.05) is 26.8 Å². The van der Waals surface area contributed by atoms with E-state index in [1.54, 1.807) is 0 Å². The van der Waals surface area contributed by atoms with Crippen LogP contribution < -0.4 is 0 Å². The highest BCUT2D eigenvalue weighted by molar-refractivity contribution is 8.24. The summed E-state index contributed by atoms with van der Waals surface area (Å²) in [4.78, 5) is 0. The van der Waals surface area contributed by atoms with Gasteiger partial charge in [0.1, 0.15) is 0 Å². The van der Waals surface area contributed by atoms with E-state index in [4.69, 9.17) is 0 Å². The van der Waals surface area contributed by atoms with Crippen LogP contribution in [0.4, 0.5) is 0 Å². The van der Waals surface area contributed by atoms with E-state index in [1.165, 1.54) is 22.3 Å². The molecule has 0 bridgehead atoms. The first-order valence-corrected chi connectivity index (χ1v) is 8.09. The Morgan fingerprint density at radius 3 is 2.27 bits per heavy atom. The summed E-state index contributed by atoms with van der Waals surface area (Å²) in [6.07, 6.45) is 1.23. The van der Waals surface area contributed by atoms with Crippen LogP contribution in [-0.4, -0.2) is 26.8 Å². The summed E-state index contributed by atoms with van der Waals surface area (Å²) in [5.41, 5.74) is 0. The molecule has 0 aromatic heterocycles. The largest absolute Gasteiger partial charge is 0.179 e. The average Bonchev–Trinajstić information content (AvgIpc) is 2.03. The molecule has 0 unspecified atom stereocenters. The Labute approximate surface area is 93.2 Å². The molecule has 0 fully saturated rings. The summed E-state index contributed by atoms with van der Waals surface area (Å²) >= 11 is 14.1. The molecule has 0 N–H and O–H groups in total. The second-order valence-electron chi connectivity index (χ2n) is 1.76. The minimum Gasteiger partial charge on any atom is -0.179 e. The summed E-state index contributed by atoms with van der Waals surface area (Å²) in [6, 6.07) is 0. The van der Waals surface area contributed by atoms with Crippen LogP contribution in [-0.2, 0) is 0 Å². The highest BCUT2D eigenvalue weighted by Crippen LogP contribution is 2.18. The van der Waals surface area contributed by atoms with E-state index in [-0.39, 0.29) is 0 Å². The number of thiol groups is 2. The van der Waals surface area contributed by atoms with Gasteiger partial charge in [0.2, 0.25) is 0 Å². The van der Waals surface area contributed by atoms with Crippen molar-refractivity contribution in [3.63, 3.8) is 0 Å². The Morgan fingerprint density at radius 2 is 1.64 bits per heavy atom. The van der Waals surface area contributed by atoms with Gasteiger partial charge in [-0.1, -0.05) is 0 Å². The van der Waals surface area contributed by atoms with Gasteiger partial charge in [0.05, 0.1) is 0 Å². The van der Waals surface area contributed by atoms with E-state index in [2.05, 4.69) is 25.3 Å². The van der Waals surface area contributed by atoms with Crippen molar-refractivity contribution >= 4 is 60.5 Å². The van der Waals surface area contributed by atoms with Crippen molar-refractivity contribution in [3.8, 4) is 0 Å². The van der Waals surface area contributed by atoms with E-state index >= 15 is 0 Å². The molecule has 0 atom stereocenters. The minimum atomic E-state index is 0.939. The molecule has 0 heterocycles. The van der Waals surface area contributed by atoms with E-state index in [0.717, 1.165) is 10.8 Å². The second kappa shape index (κ2) is 11.8. The molecule has 5 heteroatoms. The molecule has 0 spiro atoms. The summed E-state index contributed by atoms with van der Waals surface area (Å²) in [5, 5.41) is 3.33. The standard InChI is InChI=1S/C6H14S5/c7-2-1-3-9-5-11-6-10-4-8/h7-8H,1-6H2. The molecule has 11 heavy (non-hydrogen) atoms. The van der Waals surface area contributed by atoms with Crippen molar-refractivity contribution in [1.29, 1.82) is 0 Å². The number of thioether (sulfide) groups is 3. The first kappa shape index (κ1) is 12.8. The van der Waals surface area contributed by atoms with Crippen molar-refractivity contribution < 1.29 is 0 Å². The van der Waals surface area contributed by atoms with Crippen LogP contribution in [0.1, 0.15) is 6.42 Å². The first-order valence-electron chi connectivity index (χ1n) is 3.36. The molecule has 0 amide bonds. The molecule has 0 radical (unpaired) electrons. The molecule has 0 aromatic rings. The highest BCUT2D eigenvalue weighted by atomic mass is 32.2. The predicted molar refractivity (Wildman–Crippen MR) is 69.7 cm³/mol. The molecular weight excluding hydrogens is 232 g/mol. The van der Waals surface area contributed by atoms with Crippen molar-refractivity contribution in [1.82, 2.24) is 0 Å². The molecule has 0 aliphatic rings. The van der Waals surface area contributed by atoms with Gasteiger partial charge in [-0.25, -0.2) is 0 Å². The molecule has 0 rings (SSSR count). The predicted octanol–water partition coefficient (Wildman–Crippen LogP) is 3.31. The summed E-state index contributed by atoms with van der Waals surface area (Å²) < 4.78 is 0. The monoisotopic (exact) mass is 246 g/mol. The molecule has 0 aliphatic carbocycles. The van der Waals surface area contributed by atoms with E-state index in [0.29, 0.717) is 0 Å². The molecule has 0 aromatic carbocycles. The maximum atomic E-state index is 4.14. The lowest BCUT2D eigenvalue weighted by atomic mass is 10.6. The Balaban J connectivity index is 2.69. The smallest absolute Gasteiger partial charge is 0.0408 e. The SMILES string of the molecule is SCCCSCSCSCS. The Bertz CT molecular complexity index is 60.0. The van der Waals surface area contributed by atoms with E-state index in [9.17, 15) is 0 Å². The summed E-state index contributed by atoms with van der Waals surface area (Å²) in [5.74, 6) is 2.27. The Kier molecular flexibility index (Phi) is 13.6. The van der Waals surface area contributed by atoms with Gasteiger partial charge in [-0.2, -0.15) is 37.0 Å². The lowest BCUT2D eigenvalue weighted by Crippen LogP contribution is -1.81. The zero-order valence-electron chi connectivity index (χ0n) is 6.36. The molecule has 68 valence electrons. The quantitative estimate of drug-likeness (QED) is 0.383. The molecule has 0 saturated heterocycles. The third-order valence-electron chi connectivity index (χ3n) is 0.871. The minimum absolute atomic E-state index is 0.939. The fraction of sp³-hybridized carbons (Fsp3) is 1.00. The van der Waals surface area contributed by atoms with E-state index < -0.39 is 0 Å². The summed E-state index contributed by atoms with van der Waals surface area (Å²) in [7, 11) is 0. The van der Waals surface area contributed by atoms with Crippen LogP contribution in [0.15, 0.2) is 0 Å². The van der Waals surface area contributed by atoms with Crippen LogP contribution >= 0.6 is 60.5 Å². The van der Waals surface area contributed by atoms with Crippen molar-refractivity contribution in [3.05, 3.63) is 0 Å². The topological polar surface area (TPSA) is 0 Å². The lowest BCUT2D eigenvalue weighted by molar-refractivity contribution is 1.13. The third-order valence-corrected chi connectivity index (χ3v) is 5.16. The van der Waals surface area contributed by atoms with Gasteiger partial charge < -0.3 is 0 Å². The first-order chi connectivity index (χ1) is 5.41. The normalized spacial score (nSPS) is 10.4. The molecular formula is C6H14S5. The maximum absolute atomic E-state index is 4.14. The maximum Gasteiger partial charge on any atom is 0.0408 e. The van der Waals surface area contributed by atoms with Crippen LogP contribution in [0.2, 0.25) is 0 Å².